The maximum Gasteiger partial charge on any atom is 0.171 e. The highest BCUT2D eigenvalue weighted by molar-refractivity contribution is 6.34. The first-order chi connectivity index (χ1) is 8.61. The number of oxime groups is 1. The molecule has 0 spiro atoms. The normalized spacial score (nSPS) is 18.1. The van der Waals surface area contributed by atoms with Gasteiger partial charge in [0, 0.05) is 37.4 Å². The highest BCUT2D eigenvalue weighted by Crippen LogP contribution is 2.24. The molecule has 5 nitrogen and oxygen atoms in total. The summed E-state index contributed by atoms with van der Waals surface area (Å²) in [6.07, 6.45) is 0. The van der Waals surface area contributed by atoms with Crippen LogP contribution in [0.15, 0.2) is 23.4 Å². The quantitative estimate of drug-likeness (QED) is 0.366. The Balaban J connectivity index is 2.19. The third-order valence-corrected chi connectivity index (χ3v) is 3.52. The molecule has 1 fully saturated rings. The van der Waals surface area contributed by atoms with Crippen molar-refractivity contribution in [2.45, 2.75) is 0 Å². The largest absolute Gasteiger partial charge is 0.409 e. The first-order valence-corrected chi connectivity index (χ1v) is 6.20. The molecule has 0 saturated carbocycles. The summed E-state index contributed by atoms with van der Waals surface area (Å²) < 4.78 is 0. The third kappa shape index (κ3) is 2.68. The molecule has 0 amide bonds. The molecule has 6 heteroatoms. The number of halogens is 1. The van der Waals surface area contributed by atoms with Crippen molar-refractivity contribution in [1.82, 2.24) is 4.90 Å². The highest BCUT2D eigenvalue weighted by Gasteiger charge is 2.15. The van der Waals surface area contributed by atoms with Crippen molar-refractivity contribution >= 4 is 23.1 Å². The van der Waals surface area contributed by atoms with Gasteiger partial charge in [0.1, 0.15) is 0 Å². The number of nitrogens with zero attached hydrogens (tertiary/aromatic N) is 3. The number of anilines is 1. The predicted molar refractivity (Wildman–Crippen MR) is 73.7 cm³/mol. The van der Waals surface area contributed by atoms with Crippen molar-refractivity contribution < 1.29 is 5.21 Å². The van der Waals surface area contributed by atoms with Gasteiger partial charge in [0.2, 0.25) is 0 Å². The van der Waals surface area contributed by atoms with Crippen molar-refractivity contribution in [3.8, 4) is 0 Å². The minimum atomic E-state index is 0.0323. The van der Waals surface area contributed by atoms with E-state index in [1.165, 1.54) is 0 Å². The van der Waals surface area contributed by atoms with E-state index in [4.69, 9.17) is 22.5 Å². The van der Waals surface area contributed by atoms with E-state index in [0.717, 1.165) is 31.9 Å². The van der Waals surface area contributed by atoms with Crippen LogP contribution in [0.2, 0.25) is 5.02 Å². The Bertz CT molecular complexity index is 455. The van der Waals surface area contributed by atoms with Gasteiger partial charge in [-0.3, -0.25) is 0 Å². The zero-order valence-corrected chi connectivity index (χ0v) is 11.1. The lowest BCUT2D eigenvalue weighted by Crippen LogP contribution is -2.44. The lowest BCUT2D eigenvalue weighted by atomic mass is 10.1. The predicted octanol–water partition coefficient (Wildman–Crippen LogP) is 1.19. The molecule has 1 heterocycles. The lowest BCUT2D eigenvalue weighted by molar-refractivity contribution is 0.313. The summed E-state index contributed by atoms with van der Waals surface area (Å²) in [7, 11) is 2.12. The fraction of sp³-hybridized carbons (Fsp3) is 0.417. The van der Waals surface area contributed by atoms with E-state index < -0.39 is 0 Å². The Hall–Kier alpha value is -1.46. The van der Waals surface area contributed by atoms with E-state index in [1.807, 2.05) is 12.1 Å². The van der Waals surface area contributed by atoms with Gasteiger partial charge in [0.15, 0.2) is 5.84 Å². The van der Waals surface area contributed by atoms with Gasteiger partial charge < -0.3 is 20.7 Å². The fourth-order valence-corrected chi connectivity index (χ4v) is 2.30. The Morgan fingerprint density at radius 3 is 2.56 bits per heavy atom. The molecule has 1 aliphatic heterocycles. The van der Waals surface area contributed by atoms with Gasteiger partial charge in [-0.15, -0.1) is 0 Å². The number of hydrogen-bond acceptors (Lipinski definition) is 4. The van der Waals surface area contributed by atoms with Crippen LogP contribution in [0.4, 0.5) is 5.69 Å². The summed E-state index contributed by atoms with van der Waals surface area (Å²) in [6, 6.07) is 5.59. The smallest absolute Gasteiger partial charge is 0.171 e. The fourth-order valence-electron chi connectivity index (χ4n) is 2.03. The minimum Gasteiger partial charge on any atom is -0.409 e. The van der Waals surface area contributed by atoms with E-state index in [9.17, 15) is 0 Å². The molecule has 1 aromatic carbocycles. The maximum atomic E-state index is 8.65. The molecule has 2 rings (SSSR count). The van der Waals surface area contributed by atoms with Crippen LogP contribution >= 0.6 is 11.6 Å². The Kier molecular flexibility index (Phi) is 3.93. The van der Waals surface area contributed by atoms with Crippen molar-refractivity contribution in [2.24, 2.45) is 10.9 Å². The van der Waals surface area contributed by atoms with Crippen molar-refractivity contribution in [1.29, 1.82) is 0 Å². The molecular formula is C12H17ClN4O. The van der Waals surface area contributed by atoms with Gasteiger partial charge in [-0.25, -0.2) is 0 Å². The molecule has 0 atom stereocenters. The average molecular weight is 269 g/mol. The summed E-state index contributed by atoms with van der Waals surface area (Å²) in [5.41, 5.74) is 7.16. The molecule has 1 aromatic rings. The van der Waals surface area contributed by atoms with E-state index in [0.29, 0.717) is 10.6 Å². The van der Waals surface area contributed by atoms with E-state index in [-0.39, 0.29) is 5.84 Å². The molecule has 98 valence electrons. The van der Waals surface area contributed by atoms with Crippen LogP contribution in [-0.2, 0) is 0 Å². The summed E-state index contributed by atoms with van der Waals surface area (Å²) in [4.78, 5) is 4.57. The Morgan fingerprint density at radius 2 is 2.00 bits per heavy atom. The van der Waals surface area contributed by atoms with E-state index >= 15 is 0 Å². The van der Waals surface area contributed by atoms with Crippen LogP contribution in [0.1, 0.15) is 5.56 Å². The summed E-state index contributed by atoms with van der Waals surface area (Å²) in [6.45, 7) is 4.05. The second-order valence-electron chi connectivity index (χ2n) is 4.44. The minimum absolute atomic E-state index is 0.0323. The molecule has 1 saturated heterocycles. The number of piperazine rings is 1. The zero-order valence-electron chi connectivity index (χ0n) is 10.3. The topological polar surface area (TPSA) is 65.1 Å². The number of rotatable bonds is 2. The SMILES string of the molecule is CN1CCN(c2ccc(C(N)=NO)c(Cl)c2)CC1. The second kappa shape index (κ2) is 5.46. The average Bonchev–Trinajstić information content (AvgIpc) is 2.38. The van der Waals surface area contributed by atoms with Crippen molar-refractivity contribution in [3.05, 3.63) is 28.8 Å². The molecule has 0 bridgehead atoms. The van der Waals surface area contributed by atoms with Gasteiger partial charge in [-0.05, 0) is 25.2 Å². The number of nitrogens with two attached hydrogens (primary N) is 1. The van der Waals surface area contributed by atoms with Gasteiger partial charge >= 0.3 is 0 Å². The molecule has 0 aromatic heterocycles. The molecule has 3 N–H and O–H groups in total. The van der Waals surface area contributed by atoms with E-state index in [2.05, 4.69) is 22.0 Å². The Labute approximate surface area is 111 Å². The molecular weight excluding hydrogens is 252 g/mol. The van der Waals surface area contributed by atoms with Gasteiger partial charge in [-0.2, -0.15) is 0 Å². The van der Waals surface area contributed by atoms with Crippen LogP contribution in [0.25, 0.3) is 0 Å². The molecule has 0 radical (unpaired) electrons. The number of benzene rings is 1. The summed E-state index contributed by atoms with van der Waals surface area (Å²) >= 11 is 6.14. The van der Waals surface area contributed by atoms with Gasteiger partial charge in [0.25, 0.3) is 0 Å². The third-order valence-electron chi connectivity index (χ3n) is 3.20. The first kappa shape index (κ1) is 13.0. The molecule has 0 aliphatic carbocycles. The number of likely N-dealkylation sites (N-methyl/N-ethyl adjacent to an activating group) is 1. The number of hydrogen-bond donors (Lipinski definition) is 2. The van der Waals surface area contributed by atoms with Crippen molar-refractivity contribution in [2.75, 3.05) is 38.1 Å². The van der Waals surface area contributed by atoms with Crippen molar-refractivity contribution in [3.63, 3.8) is 0 Å². The van der Waals surface area contributed by atoms with Gasteiger partial charge in [0.05, 0.1) is 5.02 Å². The molecule has 18 heavy (non-hydrogen) atoms. The molecule has 1 aliphatic rings. The maximum absolute atomic E-state index is 8.65. The highest BCUT2D eigenvalue weighted by atomic mass is 35.5. The van der Waals surface area contributed by atoms with Crippen LogP contribution in [0, 0.1) is 0 Å². The standard InChI is InChI=1S/C12H17ClN4O/c1-16-4-6-17(7-5-16)9-2-3-10(11(13)8-9)12(14)15-18/h2-3,8,18H,4-7H2,1H3,(H2,14,15). The second-order valence-corrected chi connectivity index (χ2v) is 4.85. The summed E-state index contributed by atoms with van der Waals surface area (Å²) in [5, 5.41) is 12.1. The van der Waals surface area contributed by atoms with Crippen LogP contribution < -0.4 is 10.6 Å². The number of amidine groups is 1. The first-order valence-electron chi connectivity index (χ1n) is 5.83. The zero-order chi connectivity index (χ0) is 13.1. The van der Waals surface area contributed by atoms with Crippen LogP contribution in [0.5, 0.6) is 0 Å². The van der Waals surface area contributed by atoms with Crippen LogP contribution in [0.3, 0.4) is 0 Å². The Morgan fingerprint density at radius 1 is 1.33 bits per heavy atom. The monoisotopic (exact) mass is 268 g/mol. The molecule has 0 unspecified atom stereocenters. The van der Waals surface area contributed by atoms with Crippen LogP contribution in [-0.4, -0.2) is 49.2 Å². The summed E-state index contributed by atoms with van der Waals surface area (Å²) in [5.74, 6) is 0.0323. The van der Waals surface area contributed by atoms with Gasteiger partial charge in [-0.1, -0.05) is 16.8 Å². The lowest BCUT2D eigenvalue weighted by Gasteiger charge is -2.34. The van der Waals surface area contributed by atoms with E-state index in [1.54, 1.807) is 6.07 Å².